The fourth-order valence-electron chi connectivity index (χ4n) is 1.39. The zero-order valence-electron chi connectivity index (χ0n) is 8.03. The lowest BCUT2D eigenvalue weighted by molar-refractivity contribution is 0.354. The number of thioether (sulfide) groups is 1. The molecule has 1 heterocycles. The van der Waals surface area contributed by atoms with Crippen LogP contribution in [0.15, 0.2) is 17.0 Å². The van der Waals surface area contributed by atoms with E-state index in [-0.39, 0.29) is 5.50 Å². The van der Waals surface area contributed by atoms with Crippen molar-refractivity contribution in [2.24, 2.45) is 5.73 Å². The minimum atomic E-state index is -0.0817. The first-order valence-corrected chi connectivity index (χ1v) is 5.07. The van der Waals surface area contributed by atoms with Gasteiger partial charge in [0, 0.05) is 11.0 Å². The topological polar surface area (TPSA) is 56.5 Å². The summed E-state index contributed by atoms with van der Waals surface area (Å²) in [6.07, 6.45) is 0. The molecule has 1 aromatic carbocycles. The molecule has 2 rings (SSSR count). The molecule has 4 nitrogen and oxygen atoms in total. The summed E-state index contributed by atoms with van der Waals surface area (Å²) < 4.78 is 10.4. The zero-order valence-corrected chi connectivity index (χ0v) is 8.85. The number of anilines is 1. The van der Waals surface area contributed by atoms with Gasteiger partial charge in [0.2, 0.25) is 0 Å². The SMILES string of the molecule is COc1cc2c(cc1OC)SC(N)N2. The van der Waals surface area contributed by atoms with E-state index in [1.54, 1.807) is 26.0 Å². The van der Waals surface area contributed by atoms with Gasteiger partial charge in [-0.25, -0.2) is 0 Å². The molecule has 14 heavy (non-hydrogen) atoms. The number of methoxy groups -OCH3 is 2. The van der Waals surface area contributed by atoms with Crippen molar-refractivity contribution < 1.29 is 9.47 Å². The van der Waals surface area contributed by atoms with Crippen LogP contribution in [0.1, 0.15) is 0 Å². The highest BCUT2D eigenvalue weighted by molar-refractivity contribution is 8.00. The number of hydrogen-bond acceptors (Lipinski definition) is 5. The summed E-state index contributed by atoms with van der Waals surface area (Å²) in [7, 11) is 3.24. The number of benzene rings is 1. The van der Waals surface area contributed by atoms with Crippen molar-refractivity contribution in [2.45, 2.75) is 10.4 Å². The molecule has 1 aliphatic heterocycles. The molecule has 1 aliphatic rings. The Labute approximate surface area is 86.8 Å². The monoisotopic (exact) mass is 212 g/mol. The summed E-state index contributed by atoms with van der Waals surface area (Å²) in [6, 6.07) is 3.83. The molecule has 5 heteroatoms. The largest absolute Gasteiger partial charge is 0.493 e. The van der Waals surface area contributed by atoms with Crippen molar-refractivity contribution in [3.05, 3.63) is 12.1 Å². The average molecular weight is 212 g/mol. The first-order valence-electron chi connectivity index (χ1n) is 4.19. The predicted octanol–water partition coefficient (Wildman–Crippen LogP) is 1.46. The highest BCUT2D eigenvalue weighted by atomic mass is 32.2. The minimum absolute atomic E-state index is 0.0817. The molecule has 0 bridgehead atoms. The quantitative estimate of drug-likeness (QED) is 0.777. The van der Waals surface area contributed by atoms with Crippen LogP contribution in [0.3, 0.4) is 0 Å². The predicted molar refractivity (Wildman–Crippen MR) is 57.0 cm³/mol. The van der Waals surface area contributed by atoms with Gasteiger partial charge in [-0.05, 0) is 6.07 Å². The molecule has 1 atom stereocenters. The second-order valence-corrected chi connectivity index (χ2v) is 4.07. The Hall–Kier alpha value is -1.07. The Morgan fingerprint density at radius 1 is 1.29 bits per heavy atom. The normalized spacial score (nSPS) is 18.6. The standard InChI is InChI=1S/C9H12N2O2S/c1-12-6-3-5-8(4-7(6)13-2)14-9(10)11-5/h3-4,9,11H,10H2,1-2H3. The van der Waals surface area contributed by atoms with Crippen LogP contribution >= 0.6 is 11.8 Å². The smallest absolute Gasteiger partial charge is 0.162 e. The minimum Gasteiger partial charge on any atom is -0.493 e. The van der Waals surface area contributed by atoms with Gasteiger partial charge >= 0.3 is 0 Å². The number of rotatable bonds is 2. The second kappa shape index (κ2) is 3.59. The van der Waals surface area contributed by atoms with E-state index in [1.165, 1.54) is 0 Å². The zero-order chi connectivity index (χ0) is 10.1. The third kappa shape index (κ3) is 1.49. The number of ether oxygens (including phenoxy) is 2. The lowest BCUT2D eigenvalue weighted by Crippen LogP contribution is -2.20. The summed E-state index contributed by atoms with van der Waals surface area (Å²) in [5.41, 5.74) is 6.66. The molecule has 0 radical (unpaired) electrons. The van der Waals surface area contributed by atoms with E-state index in [2.05, 4.69) is 5.32 Å². The Balaban J connectivity index is 2.43. The maximum Gasteiger partial charge on any atom is 0.162 e. The highest BCUT2D eigenvalue weighted by Crippen LogP contribution is 2.43. The van der Waals surface area contributed by atoms with Crippen LogP contribution < -0.4 is 20.5 Å². The number of nitrogens with two attached hydrogens (primary N) is 1. The van der Waals surface area contributed by atoms with Crippen LogP contribution in [-0.2, 0) is 0 Å². The van der Waals surface area contributed by atoms with Crippen LogP contribution in [-0.4, -0.2) is 19.7 Å². The van der Waals surface area contributed by atoms with E-state index in [0.29, 0.717) is 5.75 Å². The average Bonchev–Trinajstić information content (AvgIpc) is 2.54. The van der Waals surface area contributed by atoms with E-state index in [1.807, 2.05) is 12.1 Å². The number of hydrogen-bond donors (Lipinski definition) is 2. The molecule has 0 aliphatic carbocycles. The van der Waals surface area contributed by atoms with Crippen molar-refractivity contribution in [3.8, 4) is 11.5 Å². The molecule has 0 saturated carbocycles. The van der Waals surface area contributed by atoms with Crippen LogP contribution in [0.5, 0.6) is 11.5 Å². The van der Waals surface area contributed by atoms with E-state index < -0.39 is 0 Å². The van der Waals surface area contributed by atoms with Gasteiger partial charge < -0.3 is 20.5 Å². The third-order valence-corrected chi connectivity index (χ3v) is 3.00. The maximum atomic E-state index is 5.74. The fraction of sp³-hybridized carbons (Fsp3) is 0.333. The Morgan fingerprint density at radius 2 is 1.93 bits per heavy atom. The van der Waals surface area contributed by atoms with Gasteiger partial charge in [0.1, 0.15) is 5.50 Å². The van der Waals surface area contributed by atoms with Crippen molar-refractivity contribution in [3.63, 3.8) is 0 Å². The van der Waals surface area contributed by atoms with Crippen LogP contribution in [0.4, 0.5) is 5.69 Å². The van der Waals surface area contributed by atoms with Crippen molar-refractivity contribution in [1.29, 1.82) is 0 Å². The van der Waals surface area contributed by atoms with Gasteiger partial charge in [0.25, 0.3) is 0 Å². The number of nitrogens with one attached hydrogen (secondary N) is 1. The van der Waals surface area contributed by atoms with E-state index in [0.717, 1.165) is 16.3 Å². The molecule has 0 spiro atoms. The second-order valence-electron chi connectivity index (χ2n) is 2.89. The molecular formula is C9H12N2O2S. The number of fused-ring (bicyclic) bond motifs is 1. The first kappa shape index (κ1) is 9.48. The summed E-state index contributed by atoms with van der Waals surface area (Å²) in [4.78, 5) is 1.09. The molecule has 0 aromatic heterocycles. The van der Waals surface area contributed by atoms with Crippen LogP contribution in [0.2, 0.25) is 0 Å². The van der Waals surface area contributed by atoms with Crippen LogP contribution in [0.25, 0.3) is 0 Å². The summed E-state index contributed by atoms with van der Waals surface area (Å²) in [6.45, 7) is 0. The van der Waals surface area contributed by atoms with E-state index in [9.17, 15) is 0 Å². The summed E-state index contributed by atoms with van der Waals surface area (Å²) in [5, 5.41) is 3.13. The van der Waals surface area contributed by atoms with Gasteiger partial charge in [0.15, 0.2) is 11.5 Å². The maximum absolute atomic E-state index is 5.74. The first-order chi connectivity index (χ1) is 6.74. The molecule has 1 aromatic rings. The Morgan fingerprint density at radius 3 is 2.57 bits per heavy atom. The molecule has 1 unspecified atom stereocenters. The fourth-order valence-corrected chi connectivity index (χ4v) is 2.27. The molecule has 3 N–H and O–H groups in total. The van der Waals surface area contributed by atoms with Crippen molar-refractivity contribution >= 4 is 17.4 Å². The molecule has 0 saturated heterocycles. The molecule has 76 valence electrons. The highest BCUT2D eigenvalue weighted by Gasteiger charge is 2.20. The van der Waals surface area contributed by atoms with Gasteiger partial charge in [0.05, 0.1) is 19.9 Å². The molecular weight excluding hydrogens is 200 g/mol. The van der Waals surface area contributed by atoms with Gasteiger partial charge in [-0.1, -0.05) is 11.8 Å². The lowest BCUT2D eigenvalue weighted by atomic mass is 10.2. The van der Waals surface area contributed by atoms with Gasteiger partial charge in [-0.15, -0.1) is 0 Å². The van der Waals surface area contributed by atoms with Gasteiger partial charge in [-0.2, -0.15) is 0 Å². The summed E-state index contributed by atoms with van der Waals surface area (Å²) in [5.74, 6) is 1.45. The van der Waals surface area contributed by atoms with Crippen molar-refractivity contribution in [2.75, 3.05) is 19.5 Å². The van der Waals surface area contributed by atoms with Gasteiger partial charge in [-0.3, -0.25) is 0 Å². The Bertz CT molecular complexity index is 324. The van der Waals surface area contributed by atoms with E-state index in [4.69, 9.17) is 15.2 Å². The van der Waals surface area contributed by atoms with E-state index >= 15 is 0 Å². The van der Waals surface area contributed by atoms with Crippen molar-refractivity contribution in [1.82, 2.24) is 0 Å². The molecule has 0 fully saturated rings. The Kier molecular flexibility index (Phi) is 2.43. The third-order valence-electron chi connectivity index (χ3n) is 2.04. The molecule has 0 amide bonds. The lowest BCUT2D eigenvalue weighted by Gasteiger charge is -2.09. The van der Waals surface area contributed by atoms with Crippen LogP contribution in [0, 0.1) is 0 Å². The summed E-state index contributed by atoms with van der Waals surface area (Å²) >= 11 is 1.57.